The van der Waals surface area contributed by atoms with Crippen molar-refractivity contribution in [3.05, 3.63) is 80.7 Å². The fraction of sp³-hybridized carbons (Fsp3) is 0.200. The first-order valence-corrected chi connectivity index (χ1v) is 9.36. The van der Waals surface area contributed by atoms with Crippen molar-refractivity contribution in [1.82, 2.24) is 5.32 Å². The van der Waals surface area contributed by atoms with Crippen LogP contribution < -0.4 is 14.8 Å². The summed E-state index contributed by atoms with van der Waals surface area (Å²) in [5.41, 5.74) is 1.86. The predicted molar refractivity (Wildman–Crippen MR) is 108 cm³/mol. The number of hydrogen-bond acceptors (Lipinski definition) is 4. The molecular weight excluding hydrogens is 409 g/mol. The lowest BCUT2D eigenvalue weighted by Crippen LogP contribution is -2.12. The molecule has 3 aromatic rings. The molecule has 0 fully saturated rings. The molecule has 0 saturated carbocycles. The van der Waals surface area contributed by atoms with E-state index in [4.69, 9.17) is 48.7 Å². The van der Waals surface area contributed by atoms with Crippen molar-refractivity contribution in [3.63, 3.8) is 0 Å². The number of nitrogens with one attached hydrogen (secondary N) is 1. The summed E-state index contributed by atoms with van der Waals surface area (Å²) in [4.78, 5) is 0. The molecule has 4 nitrogen and oxygen atoms in total. The molecule has 0 radical (unpaired) electrons. The molecule has 27 heavy (non-hydrogen) atoms. The van der Waals surface area contributed by atoms with Crippen LogP contribution in [-0.4, -0.2) is 7.11 Å². The Morgan fingerprint density at radius 1 is 0.926 bits per heavy atom. The monoisotopic (exact) mass is 425 g/mol. The second-order valence-corrected chi connectivity index (χ2v) is 7.05. The summed E-state index contributed by atoms with van der Waals surface area (Å²) >= 11 is 18.4. The van der Waals surface area contributed by atoms with Crippen LogP contribution in [0.15, 0.2) is 53.1 Å². The molecule has 0 aliphatic heterocycles. The summed E-state index contributed by atoms with van der Waals surface area (Å²) in [5.74, 6) is 1.92. The van der Waals surface area contributed by atoms with Crippen LogP contribution in [0.2, 0.25) is 15.1 Å². The largest absolute Gasteiger partial charge is 0.493 e. The molecular formula is C20H18Cl3NO3. The molecule has 1 N–H and O–H groups in total. The van der Waals surface area contributed by atoms with E-state index in [1.54, 1.807) is 25.5 Å². The Morgan fingerprint density at radius 2 is 1.74 bits per heavy atom. The van der Waals surface area contributed by atoms with Gasteiger partial charge in [-0.05, 0) is 47.5 Å². The number of hydrogen-bond donors (Lipinski definition) is 1. The average Bonchev–Trinajstić information content (AvgIpc) is 3.16. The molecule has 0 aliphatic rings. The van der Waals surface area contributed by atoms with Crippen LogP contribution in [0.25, 0.3) is 0 Å². The van der Waals surface area contributed by atoms with Crippen LogP contribution >= 0.6 is 34.8 Å². The van der Waals surface area contributed by atoms with E-state index in [2.05, 4.69) is 5.32 Å². The van der Waals surface area contributed by atoms with Crippen LogP contribution in [0.3, 0.4) is 0 Å². The number of rotatable bonds is 8. The van der Waals surface area contributed by atoms with Crippen molar-refractivity contribution in [2.75, 3.05) is 7.11 Å². The first kappa shape index (κ1) is 19.9. The maximum atomic E-state index is 6.42. The third-order valence-electron chi connectivity index (χ3n) is 3.86. The highest BCUT2D eigenvalue weighted by atomic mass is 35.5. The number of ether oxygens (including phenoxy) is 2. The number of furan rings is 1. The van der Waals surface area contributed by atoms with Gasteiger partial charge >= 0.3 is 0 Å². The molecule has 142 valence electrons. The first-order chi connectivity index (χ1) is 13.1. The molecule has 0 atom stereocenters. The summed E-state index contributed by atoms with van der Waals surface area (Å²) in [6.45, 7) is 1.54. The molecule has 0 saturated heterocycles. The van der Waals surface area contributed by atoms with E-state index in [1.165, 1.54) is 0 Å². The van der Waals surface area contributed by atoms with Gasteiger partial charge in [-0.1, -0.05) is 40.9 Å². The Labute approximate surface area is 172 Å². The van der Waals surface area contributed by atoms with Crippen LogP contribution in [-0.2, 0) is 19.7 Å². The van der Waals surface area contributed by atoms with Crippen molar-refractivity contribution in [2.45, 2.75) is 19.7 Å². The van der Waals surface area contributed by atoms with Gasteiger partial charge in [0.2, 0.25) is 0 Å². The predicted octanol–water partition coefficient (Wildman–Crippen LogP) is 6.12. The van der Waals surface area contributed by atoms with E-state index in [-0.39, 0.29) is 0 Å². The van der Waals surface area contributed by atoms with Crippen molar-refractivity contribution < 1.29 is 13.9 Å². The quantitative estimate of drug-likeness (QED) is 0.471. The SMILES string of the molecule is COc1cc(CNCc2ccco2)cc(Cl)c1OCc1ccc(Cl)c(Cl)c1. The first-order valence-electron chi connectivity index (χ1n) is 8.23. The Hall–Kier alpha value is -1.85. The Kier molecular flexibility index (Phi) is 6.91. The molecule has 0 aliphatic carbocycles. The fourth-order valence-corrected chi connectivity index (χ4v) is 3.15. The molecule has 0 unspecified atom stereocenters. The summed E-state index contributed by atoms with van der Waals surface area (Å²) in [5, 5.41) is 4.75. The van der Waals surface area contributed by atoms with Gasteiger partial charge in [0, 0.05) is 6.54 Å². The third kappa shape index (κ3) is 5.33. The van der Waals surface area contributed by atoms with Crippen molar-refractivity contribution in [1.29, 1.82) is 0 Å². The van der Waals surface area contributed by atoms with Crippen molar-refractivity contribution in [2.24, 2.45) is 0 Å². The lowest BCUT2D eigenvalue weighted by molar-refractivity contribution is 0.284. The smallest absolute Gasteiger partial charge is 0.180 e. The number of benzene rings is 2. The number of halogens is 3. The van der Waals surface area contributed by atoms with Crippen LogP contribution in [0, 0.1) is 0 Å². The lowest BCUT2D eigenvalue weighted by atomic mass is 10.2. The van der Waals surface area contributed by atoms with Gasteiger partial charge < -0.3 is 19.2 Å². The summed E-state index contributed by atoms with van der Waals surface area (Å²) < 4.78 is 16.6. The summed E-state index contributed by atoms with van der Waals surface area (Å²) in [6, 6.07) is 12.9. The molecule has 1 heterocycles. The van der Waals surface area contributed by atoms with Crippen molar-refractivity contribution in [3.8, 4) is 11.5 Å². The van der Waals surface area contributed by atoms with Gasteiger partial charge in [-0.3, -0.25) is 0 Å². The minimum Gasteiger partial charge on any atom is -0.493 e. The molecule has 1 aromatic heterocycles. The fourth-order valence-electron chi connectivity index (χ4n) is 2.54. The van der Waals surface area contributed by atoms with E-state index in [0.29, 0.717) is 46.3 Å². The summed E-state index contributed by atoms with van der Waals surface area (Å²) in [6.07, 6.45) is 1.65. The average molecular weight is 427 g/mol. The standard InChI is InChI=1S/C20H18Cl3NO3/c1-25-19-9-14(10-24-11-15-3-2-6-26-15)8-18(23)20(19)27-12-13-4-5-16(21)17(22)7-13/h2-9,24H,10-12H2,1H3. The molecule has 3 rings (SSSR count). The lowest BCUT2D eigenvalue weighted by Gasteiger charge is -2.15. The van der Waals surface area contributed by atoms with Crippen molar-refractivity contribution >= 4 is 34.8 Å². The Morgan fingerprint density at radius 3 is 2.44 bits per heavy atom. The number of methoxy groups -OCH3 is 1. The molecule has 0 amide bonds. The zero-order chi connectivity index (χ0) is 19.2. The van der Waals surface area contributed by atoms with Gasteiger partial charge in [0.25, 0.3) is 0 Å². The van der Waals surface area contributed by atoms with E-state index in [0.717, 1.165) is 16.9 Å². The van der Waals surface area contributed by atoms with Crippen LogP contribution in [0.1, 0.15) is 16.9 Å². The summed E-state index contributed by atoms with van der Waals surface area (Å²) in [7, 11) is 1.58. The van der Waals surface area contributed by atoms with E-state index in [9.17, 15) is 0 Å². The Balaban J connectivity index is 1.66. The van der Waals surface area contributed by atoms with Crippen LogP contribution in [0.5, 0.6) is 11.5 Å². The normalized spacial score (nSPS) is 10.8. The molecule has 0 bridgehead atoms. The van der Waals surface area contributed by atoms with Gasteiger partial charge in [0.15, 0.2) is 11.5 Å². The minimum atomic E-state index is 0.295. The third-order valence-corrected chi connectivity index (χ3v) is 4.88. The maximum absolute atomic E-state index is 6.42. The van der Waals surface area contributed by atoms with Gasteiger partial charge in [0.1, 0.15) is 12.4 Å². The topological polar surface area (TPSA) is 43.6 Å². The molecule has 7 heteroatoms. The van der Waals surface area contributed by atoms with E-state index in [1.807, 2.05) is 30.3 Å². The highest BCUT2D eigenvalue weighted by Crippen LogP contribution is 2.37. The van der Waals surface area contributed by atoms with E-state index < -0.39 is 0 Å². The molecule has 2 aromatic carbocycles. The zero-order valence-corrected chi connectivity index (χ0v) is 16.9. The molecule has 0 spiro atoms. The van der Waals surface area contributed by atoms with E-state index >= 15 is 0 Å². The second-order valence-electron chi connectivity index (χ2n) is 5.83. The minimum absolute atomic E-state index is 0.295. The van der Waals surface area contributed by atoms with Gasteiger partial charge in [-0.25, -0.2) is 0 Å². The maximum Gasteiger partial charge on any atom is 0.180 e. The van der Waals surface area contributed by atoms with Gasteiger partial charge in [0.05, 0.1) is 35.0 Å². The Bertz CT molecular complexity index is 898. The highest BCUT2D eigenvalue weighted by molar-refractivity contribution is 6.42. The zero-order valence-electron chi connectivity index (χ0n) is 14.6. The van der Waals surface area contributed by atoms with Gasteiger partial charge in [-0.2, -0.15) is 0 Å². The second kappa shape index (κ2) is 9.38. The van der Waals surface area contributed by atoms with Crippen LogP contribution in [0.4, 0.5) is 0 Å². The highest BCUT2D eigenvalue weighted by Gasteiger charge is 2.13. The van der Waals surface area contributed by atoms with Gasteiger partial charge in [-0.15, -0.1) is 0 Å².